The number of hydrogen-bond acceptors (Lipinski definition) is 5. The largest absolute Gasteiger partial charge is 0.482 e. The lowest BCUT2D eigenvalue weighted by atomic mass is 9.84. The normalized spacial score (nSPS) is 23.6. The quantitative estimate of drug-likeness (QED) is 0.830. The summed E-state index contributed by atoms with van der Waals surface area (Å²) in [6.45, 7) is 5.07. The molecule has 5 heteroatoms. The minimum absolute atomic E-state index is 0.0457. The van der Waals surface area contributed by atoms with Crippen molar-refractivity contribution < 1.29 is 14.2 Å². The first-order valence-corrected chi connectivity index (χ1v) is 9.43. The number of nitrogens with zero attached hydrogens (tertiary/aromatic N) is 1. The summed E-state index contributed by atoms with van der Waals surface area (Å²) in [5.41, 5.74) is 0. The summed E-state index contributed by atoms with van der Waals surface area (Å²) in [6, 6.07) is 3.84. The standard InChI is InChI=1S/C19H30N2O3/c1-2-22-19-16(9-6-10-21-19)24-17(18-14-20-11-12-23-18)13-15-7-4-3-5-8-15/h6,9-10,15,17-18,20H,2-5,7-8,11-14H2,1H3. The first kappa shape index (κ1) is 17.5. The zero-order valence-electron chi connectivity index (χ0n) is 14.7. The Morgan fingerprint density at radius 1 is 1.33 bits per heavy atom. The van der Waals surface area contributed by atoms with E-state index < -0.39 is 0 Å². The van der Waals surface area contributed by atoms with Crippen molar-refractivity contribution in [3.8, 4) is 11.6 Å². The van der Waals surface area contributed by atoms with Gasteiger partial charge in [-0.25, -0.2) is 4.98 Å². The smallest absolute Gasteiger partial charge is 0.256 e. The van der Waals surface area contributed by atoms with Crippen molar-refractivity contribution in [3.63, 3.8) is 0 Å². The molecule has 1 saturated heterocycles. The fourth-order valence-electron chi connectivity index (χ4n) is 3.73. The zero-order valence-corrected chi connectivity index (χ0v) is 14.7. The van der Waals surface area contributed by atoms with E-state index in [1.165, 1.54) is 32.1 Å². The molecule has 0 spiro atoms. The Labute approximate surface area is 145 Å². The third kappa shape index (κ3) is 4.84. The van der Waals surface area contributed by atoms with Crippen LogP contribution in [0.5, 0.6) is 11.6 Å². The number of pyridine rings is 1. The highest BCUT2D eigenvalue weighted by Gasteiger charge is 2.30. The van der Waals surface area contributed by atoms with Crippen LogP contribution in [0.4, 0.5) is 0 Å². The van der Waals surface area contributed by atoms with Crippen LogP contribution >= 0.6 is 0 Å². The van der Waals surface area contributed by atoms with E-state index in [-0.39, 0.29) is 12.2 Å². The van der Waals surface area contributed by atoms with Gasteiger partial charge in [0.2, 0.25) is 0 Å². The van der Waals surface area contributed by atoms with E-state index in [0.29, 0.717) is 12.5 Å². The SMILES string of the molecule is CCOc1ncccc1OC(CC1CCCCC1)C1CNCCO1. The van der Waals surface area contributed by atoms with Gasteiger partial charge in [0.05, 0.1) is 13.2 Å². The molecule has 1 aliphatic carbocycles. The Hall–Kier alpha value is -1.33. The van der Waals surface area contributed by atoms with Gasteiger partial charge in [-0.3, -0.25) is 0 Å². The lowest BCUT2D eigenvalue weighted by Crippen LogP contribution is -2.48. The highest BCUT2D eigenvalue weighted by Crippen LogP contribution is 2.32. The summed E-state index contributed by atoms with van der Waals surface area (Å²) in [5.74, 6) is 2.05. The monoisotopic (exact) mass is 334 g/mol. The molecule has 5 nitrogen and oxygen atoms in total. The van der Waals surface area contributed by atoms with Gasteiger partial charge >= 0.3 is 0 Å². The van der Waals surface area contributed by atoms with Crippen molar-refractivity contribution in [3.05, 3.63) is 18.3 Å². The van der Waals surface area contributed by atoms with Gasteiger partial charge in [-0.1, -0.05) is 32.1 Å². The van der Waals surface area contributed by atoms with Gasteiger partial charge in [-0.15, -0.1) is 0 Å². The molecule has 1 N–H and O–H groups in total. The minimum Gasteiger partial charge on any atom is -0.482 e. The van der Waals surface area contributed by atoms with E-state index in [1.807, 2.05) is 19.1 Å². The molecule has 1 saturated carbocycles. The highest BCUT2D eigenvalue weighted by atomic mass is 16.6. The van der Waals surface area contributed by atoms with E-state index in [9.17, 15) is 0 Å². The van der Waals surface area contributed by atoms with Gasteiger partial charge in [0.1, 0.15) is 12.2 Å². The van der Waals surface area contributed by atoms with Crippen LogP contribution in [-0.4, -0.2) is 43.5 Å². The maximum absolute atomic E-state index is 6.39. The van der Waals surface area contributed by atoms with Crippen molar-refractivity contribution >= 4 is 0 Å². The molecule has 0 amide bonds. The fourth-order valence-corrected chi connectivity index (χ4v) is 3.73. The second-order valence-electron chi connectivity index (χ2n) is 6.75. The van der Waals surface area contributed by atoms with Crippen molar-refractivity contribution in [2.24, 2.45) is 5.92 Å². The van der Waals surface area contributed by atoms with Crippen LogP contribution < -0.4 is 14.8 Å². The maximum atomic E-state index is 6.39. The Morgan fingerprint density at radius 3 is 2.96 bits per heavy atom. The van der Waals surface area contributed by atoms with Crippen LogP contribution in [0.2, 0.25) is 0 Å². The molecule has 2 fully saturated rings. The van der Waals surface area contributed by atoms with E-state index in [2.05, 4.69) is 10.3 Å². The molecular weight excluding hydrogens is 304 g/mol. The highest BCUT2D eigenvalue weighted by molar-refractivity contribution is 5.32. The molecule has 1 aromatic rings. The molecule has 3 rings (SSSR count). The van der Waals surface area contributed by atoms with E-state index in [0.717, 1.165) is 37.8 Å². The number of ether oxygens (including phenoxy) is 3. The second kappa shape index (κ2) is 9.23. The third-order valence-electron chi connectivity index (χ3n) is 4.96. The number of morpholine rings is 1. The van der Waals surface area contributed by atoms with E-state index in [4.69, 9.17) is 14.2 Å². The Bertz CT molecular complexity index is 485. The molecule has 1 aliphatic heterocycles. The Balaban J connectivity index is 1.70. The minimum atomic E-state index is 0.0457. The van der Waals surface area contributed by atoms with Gasteiger partial charge in [-0.2, -0.15) is 0 Å². The second-order valence-corrected chi connectivity index (χ2v) is 6.75. The lowest BCUT2D eigenvalue weighted by molar-refractivity contribution is -0.0517. The van der Waals surface area contributed by atoms with Crippen LogP contribution in [-0.2, 0) is 4.74 Å². The molecule has 0 bridgehead atoms. The van der Waals surface area contributed by atoms with Gasteiger partial charge in [0.15, 0.2) is 5.75 Å². The average Bonchev–Trinajstić information content (AvgIpc) is 2.64. The predicted octanol–water partition coefficient (Wildman–Crippen LogP) is 3.19. The summed E-state index contributed by atoms with van der Waals surface area (Å²) in [5, 5.41) is 3.43. The summed E-state index contributed by atoms with van der Waals surface area (Å²) in [6.07, 6.45) is 9.62. The predicted molar refractivity (Wildman–Crippen MR) is 93.6 cm³/mol. The number of aromatic nitrogens is 1. The van der Waals surface area contributed by atoms with Crippen molar-refractivity contribution in [2.45, 2.75) is 57.7 Å². The van der Waals surface area contributed by atoms with Crippen molar-refractivity contribution in [1.29, 1.82) is 0 Å². The fraction of sp³-hybridized carbons (Fsp3) is 0.737. The van der Waals surface area contributed by atoms with E-state index in [1.54, 1.807) is 6.20 Å². The lowest BCUT2D eigenvalue weighted by Gasteiger charge is -2.34. The van der Waals surface area contributed by atoms with E-state index >= 15 is 0 Å². The van der Waals surface area contributed by atoms with Gasteiger partial charge in [0, 0.05) is 19.3 Å². The van der Waals surface area contributed by atoms with Crippen LogP contribution in [0.1, 0.15) is 45.4 Å². The third-order valence-corrected chi connectivity index (χ3v) is 4.96. The maximum Gasteiger partial charge on any atom is 0.256 e. The summed E-state index contributed by atoms with van der Waals surface area (Å²) in [7, 11) is 0. The molecule has 2 aliphatic rings. The average molecular weight is 334 g/mol. The molecule has 2 atom stereocenters. The van der Waals surface area contributed by atoms with Crippen LogP contribution in [0, 0.1) is 5.92 Å². The molecule has 134 valence electrons. The number of hydrogen-bond donors (Lipinski definition) is 1. The Morgan fingerprint density at radius 2 is 2.21 bits per heavy atom. The Kier molecular flexibility index (Phi) is 6.73. The van der Waals surface area contributed by atoms with Crippen LogP contribution in [0.25, 0.3) is 0 Å². The van der Waals surface area contributed by atoms with Gasteiger partial charge < -0.3 is 19.5 Å². The molecule has 24 heavy (non-hydrogen) atoms. The zero-order chi connectivity index (χ0) is 16.6. The topological polar surface area (TPSA) is 52.6 Å². The van der Waals surface area contributed by atoms with Crippen molar-refractivity contribution in [1.82, 2.24) is 10.3 Å². The van der Waals surface area contributed by atoms with Gasteiger partial charge in [-0.05, 0) is 31.4 Å². The molecule has 1 aromatic heterocycles. The summed E-state index contributed by atoms with van der Waals surface area (Å²) >= 11 is 0. The molecule has 2 unspecified atom stereocenters. The van der Waals surface area contributed by atoms with Crippen molar-refractivity contribution in [2.75, 3.05) is 26.3 Å². The molecular formula is C19H30N2O3. The summed E-state index contributed by atoms with van der Waals surface area (Å²) in [4.78, 5) is 4.31. The molecule has 0 aromatic carbocycles. The van der Waals surface area contributed by atoms with Crippen LogP contribution in [0.3, 0.4) is 0 Å². The number of rotatable bonds is 7. The first-order chi connectivity index (χ1) is 11.9. The summed E-state index contributed by atoms with van der Waals surface area (Å²) < 4.78 is 18.0. The molecule has 2 heterocycles. The van der Waals surface area contributed by atoms with Crippen LogP contribution in [0.15, 0.2) is 18.3 Å². The number of nitrogens with one attached hydrogen (secondary N) is 1. The molecule has 0 radical (unpaired) electrons. The van der Waals surface area contributed by atoms with Gasteiger partial charge in [0.25, 0.3) is 5.88 Å². The first-order valence-electron chi connectivity index (χ1n) is 9.43.